The van der Waals surface area contributed by atoms with Crippen molar-refractivity contribution in [3.8, 4) is 0 Å². The van der Waals surface area contributed by atoms with Gasteiger partial charge in [-0.25, -0.2) is 4.72 Å². The number of rotatable bonds is 7. The Labute approximate surface area is 105 Å². The van der Waals surface area contributed by atoms with Gasteiger partial charge in [-0.05, 0) is 38.3 Å². The van der Waals surface area contributed by atoms with E-state index in [2.05, 4.69) is 17.0 Å². The van der Waals surface area contributed by atoms with Crippen molar-refractivity contribution in [2.45, 2.75) is 33.1 Å². The van der Waals surface area contributed by atoms with Crippen LogP contribution in [0.5, 0.6) is 0 Å². The highest BCUT2D eigenvalue weighted by atomic mass is 32.2. The minimum absolute atomic E-state index is 0.446. The molecule has 0 aromatic heterocycles. The second-order valence-corrected chi connectivity index (χ2v) is 6.33. The van der Waals surface area contributed by atoms with Gasteiger partial charge in [0, 0.05) is 19.6 Å². The SMILES string of the molecule is CCCNS(=O)(=O)N1CCCC(CNCC)C1. The summed E-state index contributed by atoms with van der Waals surface area (Å²) in [6.45, 7) is 7.71. The van der Waals surface area contributed by atoms with Crippen molar-refractivity contribution in [1.29, 1.82) is 0 Å². The van der Waals surface area contributed by atoms with E-state index in [1.807, 2.05) is 6.92 Å². The standard InChI is InChI=1S/C11H25N3O2S/c1-3-7-13-17(15,16)14-8-5-6-11(10-14)9-12-4-2/h11-13H,3-10H2,1-2H3. The van der Waals surface area contributed by atoms with Gasteiger partial charge in [-0.15, -0.1) is 0 Å². The van der Waals surface area contributed by atoms with Crippen LogP contribution < -0.4 is 10.0 Å². The maximum atomic E-state index is 12.0. The largest absolute Gasteiger partial charge is 0.317 e. The Balaban J connectivity index is 2.47. The van der Waals surface area contributed by atoms with Gasteiger partial charge >= 0.3 is 0 Å². The Kier molecular flexibility index (Phi) is 6.40. The first kappa shape index (κ1) is 14.9. The summed E-state index contributed by atoms with van der Waals surface area (Å²) < 4.78 is 28.1. The molecule has 1 unspecified atom stereocenters. The molecule has 1 rings (SSSR count). The van der Waals surface area contributed by atoms with Crippen molar-refractivity contribution in [3.05, 3.63) is 0 Å². The van der Waals surface area contributed by atoms with Crippen LogP contribution in [0.25, 0.3) is 0 Å². The van der Waals surface area contributed by atoms with Gasteiger partial charge in [0.2, 0.25) is 0 Å². The molecule has 1 aliphatic heterocycles. The lowest BCUT2D eigenvalue weighted by atomic mass is 10.00. The average Bonchev–Trinajstić information content (AvgIpc) is 2.34. The molecule has 0 aromatic carbocycles. The first-order valence-corrected chi connectivity index (χ1v) is 7.99. The van der Waals surface area contributed by atoms with Gasteiger partial charge in [0.1, 0.15) is 0 Å². The fourth-order valence-corrected chi connectivity index (χ4v) is 3.50. The maximum absolute atomic E-state index is 12.0. The van der Waals surface area contributed by atoms with Crippen LogP contribution in [0.3, 0.4) is 0 Å². The molecule has 1 aliphatic rings. The van der Waals surface area contributed by atoms with Crippen molar-refractivity contribution in [3.63, 3.8) is 0 Å². The summed E-state index contributed by atoms with van der Waals surface area (Å²) >= 11 is 0. The van der Waals surface area contributed by atoms with E-state index >= 15 is 0 Å². The number of hydrogen-bond acceptors (Lipinski definition) is 3. The molecule has 1 saturated heterocycles. The first-order valence-electron chi connectivity index (χ1n) is 6.55. The zero-order chi connectivity index (χ0) is 12.7. The van der Waals surface area contributed by atoms with Crippen molar-refractivity contribution in [2.75, 3.05) is 32.7 Å². The third kappa shape index (κ3) is 4.91. The van der Waals surface area contributed by atoms with E-state index in [-0.39, 0.29) is 0 Å². The van der Waals surface area contributed by atoms with Crippen molar-refractivity contribution >= 4 is 10.2 Å². The predicted octanol–water partition coefficient (Wildman–Crippen LogP) is 0.552. The summed E-state index contributed by atoms with van der Waals surface area (Å²) in [6, 6.07) is 0. The first-order chi connectivity index (χ1) is 8.10. The van der Waals surface area contributed by atoms with Crippen LogP contribution in [0.2, 0.25) is 0 Å². The van der Waals surface area contributed by atoms with Gasteiger partial charge in [-0.1, -0.05) is 13.8 Å². The molecule has 5 nitrogen and oxygen atoms in total. The third-order valence-corrected chi connectivity index (χ3v) is 4.62. The predicted molar refractivity (Wildman–Crippen MR) is 70.1 cm³/mol. The van der Waals surface area contributed by atoms with Gasteiger partial charge in [0.15, 0.2) is 0 Å². The molecule has 2 N–H and O–H groups in total. The van der Waals surface area contributed by atoms with Crippen LogP contribution in [-0.2, 0) is 10.2 Å². The third-order valence-electron chi connectivity index (χ3n) is 3.04. The molecule has 0 amide bonds. The van der Waals surface area contributed by atoms with Gasteiger partial charge in [0.25, 0.3) is 10.2 Å². The van der Waals surface area contributed by atoms with Crippen molar-refractivity contribution in [2.24, 2.45) is 5.92 Å². The summed E-state index contributed by atoms with van der Waals surface area (Å²) in [5.41, 5.74) is 0. The van der Waals surface area contributed by atoms with E-state index in [0.29, 0.717) is 25.6 Å². The lowest BCUT2D eigenvalue weighted by Gasteiger charge is -2.31. The second kappa shape index (κ2) is 7.31. The molecule has 0 saturated carbocycles. The monoisotopic (exact) mass is 263 g/mol. The molecule has 102 valence electrons. The number of nitrogens with one attached hydrogen (secondary N) is 2. The molecule has 0 aliphatic carbocycles. The Morgan fingerprint density at radius 2 is 2.12 bits per heavy atom. The highest BCUT2D eigenvalue weighted by molar-refractivity contribution is 7.87. The van der Waals surface area contributed by atoms with Crippen LogP contribution in [0.15, 0.2) is 0 Å². The zero-order valence-electron chi connectivity index (χ0n) is 10.9. The Hall–Kier alpha value is -0.170. The van der Waals surface area contributed by atoms with Gasteiger partial charge in [-0.2, -0.15) is 12.7 Å². The average molecular weight is 263 g/mol. The van der Waals surface area contributed by atoms with Crippen LogP contribution in [0, 0.1) is 5.92 Å². The van der Waals surface area contributed by atoms with Crippen LogP contribution >= 0.6 is 0 Å². The highest BCUT2D eigenvalue weighted by Crippen LogP contribution is 2.17. The number of piperidine rings is 1. The quantitative estimate of drug-likeness (QED) is 0.705. The molecule has 17 heavy (non-hydrogen) atoms. The lowest BCUT2D eigenvalue weighted by Crippen LogP contribution is -2.47. The zero-order valence-corrected chi connectivity index (χ0v) is 11.7. The highest BCUT2D eigenvalue weighted by Gasteiger charge is 2.27. The molecule has 0 spiro atoms. The van der Waals surface area contributed by atoms with E-state index in [1.165, 1.54) is 0 Å². The van der Waals surface area contributed by atoms with Gasteiger partial charge in [-0.3, -0.25) is 0 Å². The van der Waals surface area contributed by atoms with Crippen LogP contribution in [0.4, 0.5) is 0 Å². The molecule has 1 fully saturated rings. The smallest absolute Gasteiger partial charge is 0.279 e. The molecule has 6 heteroatoms. The molecular formula is C11H25N3O2S. The van der Waals surface area contributed by atoms with E-state index in [9.17, 15) is 8.42 Å². The Morgan fingerprint density at radius 1 is 1.35 bits per heavy atom. The summed E-state index contributed by atoms with van der Waals surface area (Å²) in [4.78, 5) is 0. The van der Waals surface area contributed by atoms with Gasteiger partial charge < -0.3 is 5.32 Å². The minimum Gasteiger partial charge on any atom is -0.317 e. The van der Waals surface area contributed by atoms with Crippen LogP contribution in [-0.4, -0.2) is 45.4 Å². The second-order valence-electron chi connectivity index (χ2n) is 4.57. The molecular weight excluding hydrogens is 238 g/mol. The normalized spacial score (nSPS) is 22.8. The summed E-state index contributed by atoms with van der Waals surface area (Å²) in [5, 5.41) is 3.29. The number of hydrogen-bond donors (Lipinski definition) is 2. The fraction of sp³-hybridized carbons (Fsp3) is 1.00. The minimum atomic E-state index is -3.25. The number of nitrogens with zero attached hydrogens (tertiary/aromatic N) is 1. The molecule has 0 radical (unpaired) electrons. The maximum Gasteiger partial charge on any atom is 0.279 e. The molecule has 1 heterocycles. The van der Waals surface area contributed by atoms with Gasteiger partial charge in [0.05, 0.1) is 0 Å². The molecule has 1 atom stereocenters. The van der Waals surface area contributed by atoms with Crippen LogP contribution in [0.1, 0.15) is 33.1 Å². The Bertz CT molecular complexity index is 306. The fourth-order valence-electron chi connectivity index (χ4n) is 2.08. The van der Waals surface area contributed by atoms with Crippen molar-refractivity contribution < 1.29 is 8.42 Å². The van der Waals surface area contributed by atoms with E-state index < -0.39 is 10.2 Å². The molecule has 0 aromatic rings. The van der Waals surface area contributed by atoms with E-state index in [1.54, 1.807) is 4.31 Å². The summed E-state index contributed by atoms with van der Waals surface area (Å²) in [5.74, 6) is 0.446. The van der Waals surface area contributed by atoms with Crippen molar-refractivity contribution in [1.82, 2.24) is 14.3 Å². The Morgan fingerprint density at radius 3 is 2.76 bits per heavy atom. The summed E-state index contributed by atoms with van der Waals surface area (Å²) in [7, 11) is -3.25. The molecule has 0 bridgehead atoms. The van der Waals surface area contributed by atoms with E-state index in [0.717, 1.165) is 32.4 Å². The lowest BCUT2D eigenvalue weighted by molar-refractivity contribution is 0.259. The topological polar surface area (TPSA) is 61.4 Å². The summed E-state index contributed by atoms with van der Waals surface area (Å²) in [6.07, 6.45) is 2.91. The van der Waals surface area contributed by atoms with E-state index in [4.69, 9.17) is 0 Å².